The summed E-state index contributed by atoms with van der Waals surface area (Å²) >= 11 is 0. The largest absolute Gasteiger partial charge is 0.494 e. The number of ether oxygens (including phenoxy) is 1. The second kappa shape index (κ2) is 5.82. The van der Waals surface area contributed by atoms with Crippen LogP contribution in [0.5, 0.6) is 5.75 Å². The number of benzene rings is 1. The summed E-state index contributed by atoms with van der Waals surface area (Å²) in [4.78, 5) is 0. The van der Waals surface area contributed by atoms with Gasteiger partial charge in [0.15, 0.2) is 0 Å². The molecule has 1 heterocycles. The summed E-state index contributed by atoms with van der Waals surface area (Å²) in [7, 11) is 0. The first-order valence-corrected chi connectivity index (χ1v) is 6.53. The minimum atomic E-state index is -4.09. The highest BCUT2D eigenvalue weighted by atomic mass is 19.4. The van der Waals surface area contributed by atoms with Crippen LogP contribution in [0.3, 0.4) is 0 Å². The monoisotopic (exact) mass is 273 g/mol. The topological polar surface area (TPSA) is 21.3 Å². The number of halogens is 3. The van der Waals surface area contributed by atoms with Gasteiger partial charge in [-0.25, -0.2) is 0 Å². The zero-order valence-corrected chi connectivity index (χ0v) is 10.8. The van der Waals surface area contributed by atoms with Crippen molar-refractivity contribution in [3.05, 3.63) is 29.8 Å². The van der Waals surface area contributed by atoms with E-state index in [1.54, 1.807) is 0 Å². The first-order chi connectivity index (χ1) is 9.00. The Morgan fingerprint density at radius 1 is 1.21 bits per heavy atom. The molecule has 2 nitrogen and oxygen atoms in total. The van der Waals surface area contributed by atoms with Crippen LogP contribution in [-0.4, -0.2) is 19.3 Å². The lowest BCUT2D eigenvalue weighted by atomic mass is 9.90. The molecule has 0 amide bonds. The van der Waals surface area contributed by atoms with Crippen molar-refractivity contribution in [3.63, 3.8) is 0 Å². The summed E-state index contributed by atoms with van der Waals surface area (Å²) in [5.41, 5.74) is 1.02. The van der Waals surface area contributed by atoms with Crippen LogP contribution in [0.15, 0.2) is 24.3 Å². The van der Waals surface area contributed by atoms with Crippen LogP contribution in [0, 0.1) is 5.92 Å². The first-order valence-electron chi connectivity index (χ1n) is 6.53. The van der Waals surface area contributed by atoms with E-state index in [4.69, 9.17) is 4.74 Å². The fourth-order valence-corrected chi connectivity index (χ4v) is 2.38. The molecule has 0 saturated carbocycles. The SMILES string of the molecule is CCOc1ccc(C2CCC(C(F)(F)F)CN2)cc1. The van der Waals surface area contributed by atoms with Gasteiger partial charge in [0.25, 0.3) is 0 Å². The first kappa shape index (κ1) is 14.2. The molecule has 1 fully saturated rings. The standard InChI is InChI=1S/C14H18F3NO/c1-2-19-12-6-3-10(4-7-12)13-8-5-11(9-18-13)14(15,16)17/h3-4,6-7,11,13,18H,2,5,8-9H2,1H3. The Morgan fingerprint density at radius 3 is 2.37 bits per heavy atom. The molecule has 0 aromatic heterocycles. The third-order valence-electron chi connectivity index (χ3n) is 3.47. The van der Waals surface area contributed by atoms with Crippen LogP contribution < -0.4 is 10.1 Å². The van der Waals surface area contributed by atoms with Crippen LogP contribution >= 0.6 is 0 Å². The molecule has 1 aromatic rings. The summed E-state index contributed by atoms with van der Waals surface area (Å²) in [6.07, 6.45) is -3.39. The lowest BCUT2D eigenvalue weighted by Gasteiger charge is -2.31. The summed E-state index contributed by atoms with van der Waals surface area (Å²) < 4.78 is 43.0. The maximum atomic E-state index is 12.6. The quantitative estimate of drug-likeness (QED) is 0.907. The highest BCUT2D eigenvalue weighted by Gasteiger charge is 2.41. The molecule has 19 heavy (non-hydrogen) atoms. The molecule has 0 spiro atoms. The third kappa shape index (κ3) is 3.62. The smallest absolute Gasteiger partial charge is 0.393 e. The molecular weight excluding hydrogens is 255 g/mol. The van der Waals surface area contributed by atoms with Crippen LogP contribution in [0.4, 0.5) is 13.2 Å². The fraction of sp³-hybridized carbons (Fsp3) is 0.571. The van der Waals surface area contributed by atoms with Crippen molar-refractivity contribution in [2.45, 2.75) is 32.0 Å². The summed E-state index contributed by atoms with van der Waals surface area (Å²) in [5.74, 6) is -0.429. The average Bonchev–Trinajstić information content (AvgIpc) is 2.39. The van der Waals surface area contributed by atoms with Gasteiger partial charge in [0.1, 0.15) is 5.75 Å². The van der Waals surface area contributed by atoms with Gasteiger partial charge in [0.05, 0.1) is 12.5 Å². The second-order valence-corrected chi connectivity index (χ2v) is 4.78. The molecule has 106 valence electrons. The lowest BCUT2D eigenvalue weighted by molar-refractivity contribution is -0.179. The van der Waals surface area contributed by atoms with Gasteiger partial charge >= 0.3 is 6.18 Å². The number of alkyl halides is 3. The van der Waals surface area contributed by atoms with Gasteiger partial charge in [0.2, 0.25) is 0 Å². The molecule has 5 heteroatoms. The molecule has 0 bridgehead atoms. The van der Waals surface area contributed by atoms with Crippen molar-refractivity contribution in [3.8, 4) is 5.75 Å². The maximum absolute atomic E-state index is 12.6. The molecule has 2 unspecified atom stereocenters. The van der Waals surface area contributed by atoms with E-state index in [0.29, 0.717) is 13.0 Å². The van der Waals surface area contributed by atoms with Crippen LogP contribution in [-0.2, 0) is 0 Å². The molecule has 1 aliphatic rings. The predicted octanol–water partition coefficient (Wildman–Crippen LogP) is 3.69. The van der Waals surface area contributed by atoms with E-state index >= 15 is 0 Å². The predicted molar refractivity (Wildman–Crippen MR) is 67.1 cm³/mol. The Bertz CT molecular complexity index is 394. The van der Waals surface area contributed by atoms with Crippen molar-refractivity contribution in [2.75, 3.05) is 13.2 Å². The Kier molecular flexibility index (Phi) is 4.34. The number of nitrogens with one attached hydrogen (secondary N) is 1. The van der Waals surface area contributed by atoms with E-state index in [9.17, 15) is 13.2 Å². The molecule has 0 aliphatic carbocycles. The van der Waals surface area contributed by atoms with Gasteiger partial charge in [-0.1, -0.05) is 12.1 Å². The number of piperidine rings is 1. The van der Waals surface area contributed by atoms with Gasteiger partial charge in [-0.2, -0.15) is 13.2 Å². The van der Waals surface area contributed by atoms with Crippen molar-refractivity contribution in [1.29, 1.82) is 0 Å². The van der Waals surface area contributed by atoms with Crippen LogP contribution in [0.2, 0.25) is 0 Å². The summed E-state index contributed by atoms with van der Waals surface area (Å²) in [6, 6.07) is 7.55. The molecule has 1 aliphatic heterocycles. The minimum Gasteiger partial charge on any atom is -0.494 e. The zero-order valence-electron chi connectivity index (χ0n) is 10.8. The van der Waals surface area contributed by atoms with Crippen LogP contribution in [0.1, 0.15) is 31.4 Å². The fourth-order valence-electron chi connectivity index (χ4n) is 2.38. The van der Waals surface area contributed by atoms with E-state index in [0.717, 1.165) is 11.3 Å². The molecule has 0 radical (unpaired) electrons. The van der Waals surface area contributed by atoms with Crippen LogP contribution in [0.25, 0.3) is 0 Å². The Morgan fingerprint density at radius 2 is 1.89 bits per heavy atom. The molecule has 1 saturated heterocycles. The van der Waals surface area contributed by atoms with E-state index in [1.807, 2.05) is 31.2 Å². The van der Waals surface area contributed by atoms with Crippen molar-refractivity contribution in [2.24, 2.45) is 5.92 Å². The molecular formula is C14H18F3NO. The Balaban J connectivity index is 1.94. The average molecular weight is 273 g/mol. The number of hydrogen-bond donors (Lipinski definition) is 1. The van der Waals surface area contributed by atoms with E-state index < -0.39 is 12.1 Å². The minimum absolute atomic E-state index is 0.00137. The highest BCUT2D eigenvalue weighted by molar-refractivity contribution is 5.29. The van der Waals surface area contributed by atoms with Gasteiger partial charge in [0, 0.05) is 12.6 Å². The second-order valence-electron chi connectivity index (χ2n) is 4.78. The number of hydrogen-bond acceptors (Lipinski definition) is 2. The zero-order chi connectivity index (χ0) is 13.9. The Labute approximate surface area is 111 Å². The maximum Gasteiger partial charge on any atom is 0.393 e. The summed E-state index contributed by atoms with van der Waals surface area (Å²) in [5, 5.41) is 2.98. The molecule has 1 aromatic carbocycles. The highest BCUT2D eigenvalue weighted by Crippen LogP contribution is 2.35. The van der Waals surface area contributed by atoms with E-state index in [2.05, 4.69) is 5.32 Å². The molecule has 2 atom stereocenters. The normalized spacial score (nSPS) is 24.2. The van der Waals surface area contributed by atoms with Gasteiger partial charge in [-0.15, -0.1) is 0 Å². The van der Waals surface area contributed by atoms with Crippen molar-refractivity contribution >= 4 is 0 Å². The van der Waals surface area contributed by atoms with E-state index in [1.165, 1.54) is 0 Å². The van der Waals surface area contributed by atoms with Gasteiger partial charge in [-0.05, 0) is 37.5 Å². The number of rotatable bonds is 3. The van der Waals surface area contributed by atoms with Crippen molar-refractivity contribution in [1.82, 2.24) is 5.32 Å². The lowest BCUT2D eigenvalue weighted by Crippen LogP contribution is -2.40. The van der Waals surface area contributed by atoms with Gasteiger partial charge in [-0.3, -0.25) is 0 Å². The van der Waals surface area contributed by atoms with E-state index in [-0.39, 0.29) is 19.0 Å². The van der Waals surface area contributed by atoms with Gasteiger partial charge < -0.3 is 10.1 Å². The third-order valence-corrected chi connectivity index (χ3v) is 3.47. The molecule has 1 N–H and O–H groups in total. The Hall–Kier alpha value is -1.23. The molecule has 2 rings (SSSR count). The van der Waals surface area contributed by atoms with Crippen molar-refractivity contribution < 1.29 is 17.9 Å². The summed E-state index contributed by atoms with van der Waals surface area (Å²) in [6.45, 7) is 2.52.